The molecule has 0 aliphatic rings. The molecule has 0 fully saturated rings. The van der Waals surface area contributed by atoms with Gasteiger partial charge in [0.1, 0.15) is 5.82 Å². The molecule has 0 unspecified atom stereocenters. The molecule has 9 nitrogen and oxygen atoms in total. The van der Waals surface area contributed by atoms with Crippen LogP contribution in [0.1, 0.15) is 71.6 Å². The molecule has 1 aromatic heterocycles. The largest absolute Gasteiger partial charge is 0.481 e. The maximum atomic E-state index is 13.5. The van der Waals surface area contributed by atoms with Gasteiger partial charge in [-0.2, -0.15) is 0 Å². The first-order valence-electron chi connectivity index (χ1n) is 12.2. The number of carboxylic acid groups (broad SMARTS) is 1. The molecule has 0 spiro atoms. The highest BCUT2D eigenvalue weighted by Gasteiger charge is 2.22. The van der Waals surface area contributed by atoms with Crippen molar-refractivity contribution in [2.75, 3.05) is 17.6 Å². The van der Waals surface area contributed by atoms with Crippen LogP contribution in [0.4, 0.5) is 10.3 Å². The van der Waals surface area contributed by atoms with Gasteiger partial charge in [0.05, 0.1) is 36.3 Å². The summed E-state index contributed by atoms with van der Waals surface area (Å²) in [7, 11) is -2.33. The van der Waals surface area contributed by atoms with Crippen LogP contribution in [-0.2, 0) is 14.8 Å². The van der Waals surface area contributed by atoms with Gasteiger partial charge in [0, 0.05) is 24.6 Å². The normalized spacial score (nSPS) is 12.8. The Hall–Kier alpha value is -2.89. The number of benzene rings is 1. The number of nitrogens with zero attached hydrogens (tertiary/aromatic N) is 3. The number of hydrogen-bond donors (Lipinski definition) is 3. The number of sulfonamides is 1. The quantitative estimate of drug-likeness (QED) is 0.401. The third-order valence-electron chi connectivity index (χ3n) is 4.82. The van der Waals surface area contributed by atoms with E-state index in [1.165, 1.54) is 43.5 Å². The lowest BCUT2D eigenvalue weighted by Gasteiger charge is -2.20. The van der Waals surface area contributed by atoms with Crippen molar-refractivity contribution in [3.63, 3.8) is 0 Å². The number of carboxylic acids is 1. The van der Waals surface area contributed by atoms with E-state index in [9.17, 15) is 27.8 Å². The summed E-state index contributed by atoms with van der Waals surface area (Å²) in [6.07, 6.45) is 0.860. The predicted octanol–water partition coefficient (Wildman–Crippen LogP) is 4.45. The second-order valence-corrected chi connectivity index (χ2v) is 9.99. The van der Waals surface area contributed by atoms with Crippen molar-refractivity contribution in [3.8, 4) is 11.3 Å². The third kappa shape index (κ3) is 10.9. The molecule has 0 radical (unpaired) electrons. The van der Waals surface area contributed by atoms with E-state index in [-0.39, 0.29) is 18.3 Å². The van der Waals surface area contributed by atoms with Gasteiger partial charge in [0.15, 0.2) is 0 Å². The maximum Gasteiger partial charge on any atom is 0.305 e. The molecule has 0 saturated carbocycles. The smallest absolute Gasteiger partial charge is 0.305 e. The molecule has 0 amide bonds. The van der Waals surface area contributed by atoms with E-state index in [1.54, 1.807) is 0 Å². The van der Waals surface area contributed by atoms with Gasteiger partial charge in [-0.3, -0.25) is 4.79 Å². The Morgan fingerprint density at radius 1 is 1.08 bits per heavy atom. The molecule has 3 N–H and O–H groups in total. The van der Waals surface area contributed by atoms with Crippen molar-refractivity contribution in [2.24, 2.45) is 0 Å². The minimum Gasteiger partial charge on any atom is -0.481 e. The van der Waals surface area contributed by atoms with E-state index in [1.807, 2.05) is 41.5 Å². The topological polar surface area (TPSA) is 141 Å². The minimum absolute atomic E-state index is 0.0601. The number of carbonyl (C=O) groups is 1. The Kier molecular flexibility index (Phi) is 14.8. The first-order valence-corrected chi connectivity index (χ1v) is 14.0. The molecule has 0 bridgehead atoms. The highest BCUT2D eigenvalue weighted by molar-refractivity contribution is 7.92. The fourth-order valence-corrected chi connectivity index (χ4v) is 3.42. The van der Waals surface area contributed by atoms with Crippen LogP contribution in [0.25, 0.3) is 17.3 Å². The van der Waals surface area contributed by atoms with Crippen LogP contribution in [0.2, 0.25) is 0 Å². The first kappa shape index (κ1) is 34.1. The molecule has 0 saturated heterocycles. The third-order valence-corrected chi connectivity index (χ3v) is 5.97. The van der Waals surface area contributed by atoms with Gasteiger partial charge < -0.3 is 15.3 Å². The van der Waals surface area contributed by atoms with Gasteiger partial charge >= 0.3 is 5.97 Å². The molecule has 11 heteroatoms. The van der Waals surface area contributed by atoms with Gasteiger partial charge in [-0.05, 0) is 30.2 Å². The van der Waals surface area contributed by atoms with Crippen LogP contribution in [0.5, 0.6) is 0 Å². The van der Waals surface area contributed by atoms with Crippen LogP contribution in [0.15, 0.2) is 30.3 Å². The zero-order valence-electron chi connectivity index (χ0n) is 22.8. The summed E-state index contributed by atoms with van der Waals surface area (Å²) >= 11 is 0. The molecule has 37 heavy (non-hydrogen) atoms. The number of rotatable bonds is 10. The zero-order valence-corrected chi connectivity index (χ0v) is 23.6. The van der Waals surface area contributed by atoms with Crippen molar-refractivity contribution in [1.82, 2.24) is 9.97 Å². The fourth-order valence-electron chi connectivity index (χ4n) is 3.05. The number of aliphatic hydroxyl groups excluding tert-OH is 2. The maximum absolute atomic E-state index is 13.5. The summed E-state index contributed by atoms with van der Waals surface area (Å²) < 4.78 is 38.6. The minimum atomic E-state index is -3.65. The lowest BCUT2D eigenvalue weighted by atomic mass is 9.97. The molecule has 1 heterocycles. The van der Waals surface area contributed by atoms with E-state index in [0.717, 1.165) is 10.6 Å². The molecule has 0 aliphatic heterocycles. The van der Waals surface area contributed by atoms with E-state index < -0.39 is 40.4 Å². The molecule has 2 rings (SSSR count). The zero-order chi connectivity index (χ0) is 28.9. The van der Waals surface area contributed by atoms with Gasteiger partial charge in [0.25, 0.3) is 0 Å². The number of halogens is 1. The van der Waals surface area contributed by atoms with Crippen molar-refractivity contribution >= 4 is 28.0 Å². The molecule has 2 atom stereocenters. The molecule has 208 valence electrons. The van der Waals surface area contributed by atoms with Gasteiger partial charge in [-0.1, -0.05) is 53.7 Å². The van der Waals surface area contributed by atoms with Crippen LogP contribution in [0.3, 0.4) is 0 Å². The lowest BCUT2D eigenvalue weighted by molar-refractivity contribution is -0.139. The standard InChI is InChI=1S/C22H28FN3O6S.2C2H6/c1-13(2)20-18(10-9-16(27)11-17(28)12-19(29)30)21(14-5-7-15(23)8-6-14)25-22(24-20)26(3)33(4,31)32;2*1-2/h5-10,13,16-17,27-28H,11-12H2,1-4H3,(H,29,30);2*1-2H3/b10-9+;;/t16-,17-;;/m1../s1. The number of aliphatic carboxylic acids is 1. The Labute approximate surface area is 219 Å². The summed E-state index contributed by atoms with van der Waals surface area (Å²) in [6, 6.07) is 5.49. The average molecular weight is 542 g/mol. The Bertz CT molecular complexity index is 1120. The summed E-state index contributed by atoms with van der Waals surface area (Å²) in [4.78, 5) is 19.6. The Morgan fingerprint density at radius 3 is 2.08 bits per heavy atom. The van der Waals surface area contributed by atoms with E-state index in [2.05, 4.69) is 9.97 Å². The van der Waals surface area contributed by atoms with Gasteiger partial charge in [-0.25, -0.2) is 27.1 Å². The summed E-state index contributed by atoms with van der Waals surface area (Å²) in [5.74, 6) is -1.87. The van der Waals surface area contributed by atoms with Crippen LogP contribution < -0.4 is 4.31 Å². The van der Waals surface area contributed by atoms with Crippen molar-refractivity contribution in [1.29, 1.82) is 0 Å². The molecule has 2 aromatic rings. The Balaban J connectivity index is 0.00000308. The molecular weight excluding hydrogens is 501 g/mol. The van der Waals surface area contributed by atoms with Crippen molar-refractivity contribution in [2.45, 2.75) is 72.5 Å². The average Bonchev–Trinajstić information content (AvgIpc) is 2.83. The van der Waals surface area contributed by atoms with Crippen molar-refractivity contribution < 1.29 is 32.9 Å². The van der Waals surface area contributed by atoms with Crippen LogP contribution in [0, 0.1) is 5.82 Å². The van der Waals surface area contributed by atoms with Gasteiger partial charge in [0.2, 0.25) is 16.0 Å². The SMILES string of the molecule is CC.CC.CC(C)c1nc(N(C)S(C)(=O)=O)nc(-c2ccc(F)cc2)c1/C=C/[C@@H](O)C[C@@H](O)CC(=O)O. The summed E-state index contributed by atoms with van der Waals surface area (Å²) in [5, 5.41) is 28.8. The van der Waals surface area contributed by atoms with E-state index >= 15 is 0 Å². The number of aliphatic hydroxyl groups is 2. The van der Waals surface area contributed by atoms with Crippen molar-refractivity contribution in [3.05, 3.63) is 47.4 Å². The molecular formula is C26H40FN3O6S. The number of anilines is 1. The summed E-state index contributed by atoms with van der Waals surface area (Å²) in [5.41, 5.74) is 1.80. The number of aromatic nitrogens is 2. The lowest BCUT2D eigenvalue weighted by Crippen LogP contribution is -2.27. The fraction of sp³-hybridized carbons (Fsp3) is 0.500. The summed E-state index contributed by atoms with van der Waals surface area (Å²) in [6.45, 7) is 11.7. The molecule has 0 aliphatic carbocycles. The number of hydrogen-bond acceptors (Lipinski definition) is 7. The van der Waals surface area contributed by atoms with Gasteiger partial charge in [-0.15, -0.1) is 0 Å². The Morgan fingerprint density at radius 2 is 1.62 bits per heavy atom. The monoisotopic (exact) mass is 541 g/mol. The predicted molar refractivity (Wildman–Crippen MR) is 145 cm³/mol. The second kappa shape index (κ2) is 16.1. The highest BCUT2D eigenvalue weighted by Crippen LogP contribution is 2.31. The molecule has 1 aromatic carbocycles. The van der Waals surface area contributed by atoms with Crippen LogP contribution in [-0.4, -0.2) is 65.2 Å². The second-order valence-electron chi connectivity index (χ2n) is 7.98. The van der Waals surface area contributed by atoms with E-state index in [4.69, 9.17) is 5.11 Å². The first-order chi connectivity index (χ1) is 17.3. The van der Waals surface area contributed by atoms with E-state index in [0.29, 0.717) is 22.5 Å². The van der Waals surface area contributed by atoms with Crippen LogP contribution >= 0.6 is 0 Å². The highest BCUT2D eigenvalue weighted by atomic mass is 32.2.